The number of aromatic carboxylic acids is 1. The van der Waals surface area contributed by atoms with Crippen LogP contribution in [0.3, 0.4) is 0 Å². The van der Waals surface area contributed by atoms with Crippen LogP contribution in [0.5, 0.6) is 0 Å². The number of aromatic nitrogens is 1. The van der Waals surface area contributed by atoms with Crippen LogP contribution in [0.4, 0.5) is 0 Å². The summed E-state index contributed by atoms with van der Waals surface area (Å²) in [6.07, 6.45) is 2.64. The maximum atomic E-state index is 11.0. The van der Waals surface area contributed by atoms with Crippen molar-refractivity contribution < 1.29 is 15.0 Å². The number of carboxylic acids is 1. The Hall–Kier alpha value is -1.62. The van der Waals surface area contributed by atoms with Crippen LogP contribution in [0, 0.1) is 0 Å². The van der Waals surface area contributed by atoms with Gasteiger partial charge in [0, 0.05) is 25.0 Å². The first kappa shape index (κ1) is 9.47. The molecule has 1 aromatic rings. The Labute approximate surface area is 73.9 Å². The zero-order valence-electron chi connectivity index (χ0n) is 6.80. The molecule has 0 aliphatic carbocycles. The van der Waals surface area contributed by atoms with Gasteiger partial charge in [-0.05, 0) is 0 Å². The second-order valence-electron chi connectivity index (χ2n) is 2.49. The molecule has 70 valence electrons. The zero-order chi connectivity index (χ0) is 9.84. The number of hydrogen-bond acceptors (Lipinski definition) is 3. The molecule has 13 heavy (non-hydrogen) atoms. The molecule has 1 heterocycles. The molecule has 0 saturated heterocycles. The molecule has 5 heteroatoms. The Morgan fingerprint density at radius 1 is 1.54 bits per heavy atom. The van der Waals surface area contributed by atoms with Crippen LogP contribution >= 0.6 is 0 Å². The lowest BCUT2D eigenvalue weighted by molar-refractivity contribution is 0.0694. The highest BCUT2D eigenvalue weighted by Gasteiger charge is 2.07. The van der Waals surface area contributed by atoms with Gasteiger partial charge in [0.05, 0.1) is 6.61 Å². The first-order valence-electron chi connectivity index (χ1n) is 3.69. The predicted molar refractivity (Wildman–Crippen MR) is 44.7 cm³/mol. The maximum Gasteiger partial charge on any atom is 0.341 e. The van der Waals surface area contributed by atoms with Crippen LogP contribution in [0.15, 0.2) is 23.3 Å². The third-order valence-electron chi connectivity index (χ3n) is 1.57. The molecular formula is C8H9NO4. The van der Waals surface area contributed by atoms with E-state index in [1.807, 2.05) is 0 Å². The summed E-state index contributed by atoms with van der Waals surface area (Å²) in [4.78, 5) is 21.5. The number of aliphatic hydroxyl groups is 1. The Bertz CT molecular complexity index is 369. The first-order valence-corrected chi connectivity index (χ1v) is 3.69. The predicted octanol–water partition coefficient (Wildman–Crippen LogP) is -0.461. The summed E-state index contributed by atoms with van der Waals surface area (Å²) in [5, 5.41) is 17.2. The fourth-order valence-electron chi connectivity index (χ4n) is 0.941. The Morgan fingerprint density at radius 2 is 2.23 bits per heavy atom. The van der Waals surface area contributed by atoms with Crippen molar-refractivity contribution in [1.29, 1.82) is 0 Å². The molecular weight excluding hydrogens is 174 g/mol. The van der Waals surface area contributed by atoms with Gasteiger partial charge in [0.15, 0.2) is 5.43 Å². The summed E-state index contributed by atoms with van der Waals surface area (Å²) in [6, 6.07) is 1.17. The van der Waals surface area contributed by atoms with Gasteiger partial charge in [-0.25, -0.2) is 4.79 Å². The lowest BCUT2D eigenvalue weighted by Gasteiger charge is -2.03. The van der Waals surface area contributed by atoms with E-state index >= 15 is 0 Å². The molecule has 0 spiro atoms. The largest absolute Gasteiger partial charge is 0.477 e. The molecule has 0 unspecified atom stereocenters. The van der Waals surface area contributed by atoms with Gasteiger partial charge < -0.3 is 14.8 Å². The lowest BCUT2D eigenvalue weighted by atomic mass is 10.3. The number of aliphatic hydroxyl groups excluding tert-OH is 1. The first-order chi connectivity index (χ1) is 6.15. The third-order valence-corrected chi connectivity index (χ3v) is 1.57. The van der Waals surface area contributed by atoms with Gasteiger partial charge in [-0.2, -0.15) is 0 Å². The minimum atomic E-state index is -1.25. The topological polar surface area (TPSA) is 79.5 Å². The van der Waals surface area contributed by atoms with Crippen LogP contribution in [0.1, 0.15) is 10.4 Å². The van der Waals surface area contributed by atoms with Crippen molar-refractivity contribution in [3.05, 3.63) is 34.2 Å². The van der Waals surface area contributed by atoms with E-state index in [0.29, 0.717) is 0 Å². The van der Waals surface area contributed by atoms with Crippen LogP contribution in [-0.2, 0) is 6.54 Å². The molecule has 0 fully saturated rings. The molecule has 0 bridgehead atoms. The van der Waals surface area contributed by atoms with Gasteiger partial charge in [0.1, 0.15) is 5.56 Å². The number of rotatable bonds is 3. The van der Waals surface area contributed by atoms with Crippen LogP contribution < -0.4 is 5.43 Å². The summed E-state index contributed by atoms with van der Waals surface area (Å²) in [6.45, 7) is 0.183. The average molecular weight is 183 g/mol. The van der Waals surface area contributed by atoms with E-state index in [1.165, 1.54) is 23.0 Å². The highest BCUT2D eigenvalue weighted by Crippen LogP contribution is 1.92. The molecule has 0 amide bonds. The van der Waals surface area contributed by atoms with Crippen molar-refractivity contribution in [3.8, 4) is 0 Å². The number of nitrogens with zero attached hydrogens (tertiary/aromatic N) is 1. The SMILES string of the molecule is O=C(O)c1cn(CCO)ccc1=O. The van der Waals surface area contributed by atoms with E-state index in [2.05, 4.69) is 0 Å². The second kappa shape index (κ2) is 3.86. The van der Waals surface area contributed by atoms with Crippen molar-refractivity contribution in [2.45, 2.75) is 6.54 Å². The van der Waals surface area contributed by atoms with E-state index < -0.39 is 11.4 Å². The number of pyridine rings is 1. The molecule has 1 rings (SSSR count). The quantitative estimate of drug-likeness (QED) is 0.664. The summed E-state index contributed by atoms with van der Waals surface area (Å²) < 4.78 is 1.45. The molecule has 0 radical (unpaired) electrons. The minimum Gasteiger partial charge on any atom is -0.477 e. The number of carboxylic acid groups (broad SMARTS) is 1. The van der Waals surface area contributed by atoms with Crippen molar-refractivity contribution in [2.24, 2.45) is 0 Å². The summed E-state index contributed by atoms with van der Waals surface area (Å²) in [5.74, 6) is -1.25. The molecule has 5 nitrogen and oxygen atoms in total. The highest BCUT2D eigenvalue weighted by molar-refractivity contribution is 5.86. The zero-order valence-corrected chi connectivity index (χ0v) is 6.80. The van der Waals surface area contributed by atoms with Gasteiger partial charge >= 0.3 is 5.97 Å². The van der Waals surface area contributed by atoms with E-state index in [0.717, 1.165) is 0 Å². The lowest BCUT2D eigenvalue weighted by Crippen LogP contribution is -2.17. The molecule has 1 aromatic heterocycles. The third kappa shape index (κ3) is 2.16. The van der Waals surface area contributed by atoms with E-state index in [9.17, 15) is 9.59 Å². The Balaban J connectivity index is 3.11. The van der Waals surface area contributed by atoms with Gasteiger partial charge in [0.2, 0.25) is 0 Å². The molecule has 0 saturated carbocycles. The van der Waals surface area contributed by atoms with Gasteiger partial charge in [-0.3, -0.25) is 4.79 Å². The van der Waals surface area contributed by atoms with E-state index in [1.54, 1.807) is 0 Å². The van der Waals surface area contributed by atoms with Crippen LogP contribution in [-0.4, -0.2) is 27.4 Å². The maximum absolute atomic E-state index is 11.0. The molecule has 0 atom stereocenters. The Kier molecular flexibility index (Phi) is 2.81. The van der Waals surface area contributed by atoms with Crippen molar-refractivity contribution in [3.63, 3.8) is 0 Å². The molecule has 0 aliphatic heterocycles. The van der Waals surface area contributed by atoms with Crippen molar-refractivity contribution in [1.82, 2.24) is 4.57 Å². The minimum absolute atomic E-state index is 0.0953. The average Bonchev–Trinajstić information content (AvgIpc) is 2.08. The van der Waals surface area contributed by atoms with Crippen LogP contribution in [0.25, 0.3) is 0 Å². The molecule has 0 aliphatic rings. The molecule has 2 N–H and O–H groups in total. The number of carbonyl (C=O) groups is 1. The normalized spacial score (nSPS) is 9.92. The smallest absolute Gasteiger partial charge is 0.341 e. The molecule has 0 aromatic carbocycles. The van der Waals surface area contributed by atoms with E-state index in [-0.39, 0.29) is 18.7 Å². The van der Waals surface area contributed by atoms with Gasteiger partial charge in [-0.1, -0.05) is 0 Å². The standard InChI is InChI=1S/C8H9NO4/c10-4-3-9-2-1-7(11)6(5-9)8(12)13/h1-2,5,10H,3-4H2,(H,12,13). The van der Waals surface area contributed by atoms with Crippen LogP contribution in [0.2, 0.25) is 0 Å². The van der Waals surface area contributed by atoms with Crippen molar-refractivity contribution in [2.75, 3.05) is 6.61 Å². The summed E-state index contributed by atoms with van der Waals surface area (Å²) in [5.41, 5.74) is -0.808. The fraction of sp³-hybridized carbons (Fsp3) is 0.250. The van der Waals surface area contributed by atoms with Crippen molar-refractivity contribution >= 4 is 5.97 Å². The number of hydrogen-bond donors (Lipinski definition) is 2. The monoisotopic (exact) mass is 183 g/mol. The fourth-order valence-corrected chi connectivity index (χ4v) is 0.941. The van der Waals surface area contributed by atoms with E-state index in [4.69, 9.17) is 10.2 Å². The summed E-state index contributed by atoms with van der Waals surface area (Å²) in [7, 11) is 0. The summed E-state index contributed by atoms with van der Waals surface area (Å²) >= 11 is 0. The van der Waals surface area contributed by atoms with Gasteiger partial charge in [0.25, 0.3) is 0 Å². The van der Waals surface area contributed by atoms with Gasteiger partial charge in [-0.15, -0.1) is 0 Å². The Morgan fingerprint density at radius 3 is 2.77 bits per heavy atom. The second-order valence-corrected chi connectivity index (χ2v) is 2.49. The highest BCUT2D eigenvalue weighted by atomic mass is 16.4.